The van der Waals surface area contributed by atoms with Crippen LogP contribution in [0.5, 0.6) is 5.75 Å². The van der Waals surface area contributed by atoms with Crippen molar-refractivity contribution in [2.75, 3.05) is 39.5 Å². The number of hydrogen-bond acceptors (Lipinski definition) is 4. The van der Waals surface area contributed by atoms with Crippen LogP contribution in [0, 0.1) is 5.92 Å². The molecule has 4 nitrogen and oxygen atoms in total. The SMILES string of the molecule is CC(C)COc1ccc(CNCC2(N3CCCCC3)CCOCC2)cc1. The van der Waals surface area contributed by atoms with Gasteiger partial charge in [-0.15, -0.1) is 0 Å². The molecule has 0 aliphatic carbocycles. The van der Waals surface area contributed by atoms with E-state index in [1.165, 1.54) is 37.9 Å². The summed E-state index contributed by atoms with van der Waals surface area (Å²) >= 11 is 0. The first kappa shape index (κ1) is 19.7. The number of nitrogens with one attached hydrogen (secondary N) is 1. The second-order valence-corrected chi connectivity index (χ2v) is 8.34. The lowest BCUT2D eigenvalue weighted by molar-refractivity contribution is -0.0358. The van der Waals surface area contributed by atoms with Crippen molar-refractivity contribution in [3.8, 4) is 5.75 Å². The highest BCUT2D eigenvalue weighted by Gasteiger charge is 2.38. The third-order valence-electron chi connectivity index (χ3n) is 5.74. The molecule has 0 bridgehead atoms. The Hall–Kier alpha value is -1.10. The van der Waals surface area contributed by atoms with Crippen molar-refractivity contribution in [2.45, 2.75) is 58.0 Å². The number of ether oxygens (including phenoxy) is 2. The van der Waals surface area contributed by atoms with E-state index in [-0.39, 0.29) is 0 Å². The highest BCUT2D eigenvalue weighted by molar-refractivity contribution is 5.27. The fourth-order valence-electron chi connectivity index (χ4n) is 4.13. The van der Waals surface area contributed by atoms with E-state index in [4.69, 9.17) is 9.47 Å². The summed E-state index contributed by atoms with van der Waals surface area (Å²) < 4.78 is 11.4. The molecular weight excluding hydrogens is 324 g/mol. The van der Waals surface area contributed by atoms with Crippen LogP contribution in [-0.2, 0) is 11.3 Å². The van der Waals surface area contributed by atoms with Crippen LogP contribution < -0.4 is 10.1 Å². The third kappa shape index (κ3) is 5.45. The van der Waals surface area contributed by atoms with Crippen LogP contribution in [0.15, 0.2) is 24.3 Å². The van der Waals surface area contributed by atoms with Crippen molar-refractivity contribution in [3.63, 3.8) is 0 Å². The molecule has 2 heterocycles. The Morgan fingerprint density at radius 3 is 2.42 bits per heavy atom. The van der Waals surface area contributed by atoms with Crippen molar-refractivity contribution >= 4 is 0 Å². The normalized spacial score (nSPS) is 21.0. The first-order valence-electron chi connectivity index (χ1n) is 10.4. The summed E-state index contributed by atoms with van der Waals surface area (Å²) in [6, 6.07) is 8.54. The molecule has 0 amide bonds. The van der Waals surface area contributed by atoms with Crippen LogP contribution in [0.4, 0.5) is 0 Å². The van der Waals surface area contributed by atoms with E-state index in [1.807, 2.05) is 0 Å². The molecule has 2 aliphatic rings. The molecule has 146 valence electrons. The number of likely N-dealkylation sites (tertiary alicyclic amines) is 1. The first-order chi connectivity index (χ1) is 12.7. The van der Waals surface area contributed by atoms with Gasteiger partial charge in [-0.3, -0.25) is 4.90 Å². The molecule has 3 rings (SSSR count). The zero-order chi connectivity index (χ0) is 18.2. The molecule has 1 N–H and O–H groups in total. The Kier molecular flexibility index (Phi) is 7.35. The lowest BCUT2D eigenvalue weighted by Gasteiger charge is -2.48. The van der Waals surface area contributed by atoms with E-state index >= 15 is 0 Å². The molecule has 0 unspecified atom stereocenters. The van der Waals surface area contributed by atoms with Gasteiger partial charge in [-0.05, 0) is 62.4 Å². The summed E-state index contributed by atoms with van der Waals surface area (Å²) in [5, 5.41) is 3.74. The Bertz CT molecular complexity index is 517. The number of benzene rings is 1. The first-order valence-corrected chi connectivity index (χ1v) is 10.4. The van der Waals surface area contributed by atoms with Crippen LogP contribution in [0.25, 0.3) is 0 Å². The van der Waals surface area contributed by atoms with E-state index in [2.05, 4.69) is 48.3 Å². The van der Waals surface area contributed by atoms with E-state index < -0.39 is 0 Å². The van der Waals surface area contributed by atoms with Crippen molar-refractivity contribution in [1.82, 2.24) is 10.2 Å². The molecule has 0 spiro atoms. The molecule has 1 aromatic carbocycles. The van der Waals surface area contributed by atoms with Crippen molar-refractivity contribution in [1.29, 1.82) is 0 Å². The van der Waals surface area contributed by atoms with Crippen LogP contribution in [0.3, 0.4) is 0 Å². The zero-order valence-electron chi connectivity index (χ0n) is 16.6. The molecule has 2 saturated heterocycles. The van der Waals surface area contributed by atoms with Gasteiger partial charge >= 0.3 is 0 Å². The molecule has 26 heavy (non-hydrogen) atoms. The Morgan fingerprint density at radius 1 is 1.08 bits per heavy atom. The maximum atomic E-state index is 5.78. The predicted molar refractivity (Wildman–Crippen MR) is 107 cm³/mol. The summed E-state index contributed by atoms with van der Waals surface area (Å²) in [7, 11) is 0. The molecule has 0 radical (unpaired) electrons. The minimum Gasteiger partial charge on any atom is -0.493 e. The molecule has 0 saturated carbocycles. The van der Waals surface area contributed by atoms with Gasteiger partial charge in [0, 0.05) is 31.8 Å². The fraction of sp³-hybridized carbons (Fsp3) is 0.727. The third-order valence-corrected chi connectivity index (χ3v) is 5.74. The van der Waals surface area contributed by atoms with Crippen molar-refractivity contribution in [2.24, 2.45) is 5.92 Å². The summed E-state index contributed by atoms with van der Waals surface area (Å²) in [5.74, 6) is 1.53. The molecule has 4 heteroatoms. The van der Waals surface area contributed by atoms with Crippen molar-refractivity contribution in [3.05, 3.63) is 29.8 Å². The van der Waals surface area contributed by atoms with E-state index in [9.17, 15) is 0 Å². The largest absolute Gasteiger partial charge is 0.493 e. The van der Waals surface area contributed by atoms with Gasteiger partial charge in [0.05, 0.1) is 6.61 Å². The standard InChI is InChI=1S/C22H36N2O2/c1-19(2)17-26-21-8-6-20(7-9-21)16-23-18-22(10-14-25-15-11-22)24-12-4-3-5-13-24/h6-9,19,23H,3-5,10-18H2,1-2H3. The number of piperidine rings is 1. The molecular formula is C22H36N2O2. The van der Waals surface area contributed by atoms with Crippen LogP contribution in [0.1, 0.15) is 51.5 Å². The lowest BCUT2D eigenvalue weighted by Crippen LogP contribution is -2.59. The Morgan fingerprint density at radius 2 is 1.77 bits per heavy atom. The maximum absolute atomic E-state index is 5.78. The number of nitrogens with zero attached hydrogens (tertiary/aromatic N) is 1. The van der Waals surface area contributed by atoms with E-state index in [0.29, 0.717) is 11.5 Å². The van der Waals surface area contributed by atoms with E-state index in [1.54, 1.807) is 0 Å². The average Bonchev–Trinajstić information content (AvgIpc) is 2.69. The van der Waals surface area contributed by atoms with Gasteiger partial charge in [-0.2, -0.15) is 0 Å². The minimum atomic E-state index is 0.291. The second-order valence-electron chi connectivity index (χ2n) is 8.34. The van der Waals surface area contributed by atoms with Crippen LogP contribution in [-0.4, -0.2) is 49.9 Å². The molecule has 1 aromatic rings. The van der Waals surface area contributed by atoms with Crippen LogP contribution in [0.2, 0.25) is 0 Å². The number of rotatable bonds is 8. The Labute approximate surface area is 159 Å². The molecule has 2 aliphatic heterocycles. The van der Waals surface area contributed by atoms with Gasteiger partial charge in [0.1, 0.15) is 5.75 Å². The fourth-order valence-corrected chi connectivity index (χ4v) is 4.13. The minimum absolute atomic E-state index is 0.291. The predicted octanol–water partition coefficient (Wildman–Crippen LogP) is 3.85. The topological polar surface area (TPSA) is 33.7 Å². The quantitative estimate of drug-likeness (QED) is 0.764. The monoisotopic (exact) mass is 360 g/mol. The Balaban J connectivity index is 1.51. The van der Waals surface area contributed by atoms with Gasteiger partial charge < -0.3 is 14.8 Å². The zero-order valence-corrected chi connectivity index (χ0v) is 16.6. The summed E-state index contributed by atoms with van der Waals surface area (Å²) in [6.07, 6.45) is 6.40. The highest BCUT2D eigenvalue weighted by atomic mass is 16.5. The highest BCUT2D eigenvalue weighted by Crippen LogP contribution is 2.30. The van der Waals surface area contributed by atoms with E-state index in [0.717, 1.165) is 51.5 Å². The average molecular weight is 361 g/mol. The van der Waals surface area contributed by atoms with Gasteiger partial charge in [0.25, 0.3) is 0 Å². The smallest absolute Gasteiger partial charge is 0.119 e. The van der Waals surface area contributed by atoms with Gasteiger partial charge in [0.2, 0.25) is 0 Å². The van der Waals surface area contributed by atoms with Gasteiger partial charge in [-0.1, -0.05) is 32.4 Å². The molecule has 0 atom stereocenters. The van der Waals surface area contributed by atoms with Crippen molar-refractivity contribution < 1.29 is 9.47 Å². The van der Waals surface area contributed by atoms with Gasteiger partial charge in [-0.25, -0.2) is 0 Å². The van der Waals surface area contributed by atoms with Gasteiger partial charge in [0.15, 0.2) is 0 Å². The second kappa shape index (κ2) is 9.72. The summed E-state index contributed by atoms with van der Waals surface area (Å²) in [5.41, 5.74) is 1.61. The van der Waals surface area contributed by atoms with Crippen LogP contribution >= 0.6 is 0 Å². The lowest BCUT2D eigenvalue weighted by atomic mass is 9.86. The molecule has 2 fully saturated rings. The summed E-state index contributed by atoms with van der Waals surface area (Å²) in [6.45, 7) is 11.4. The maximum Gasteiger partial charge on any atom is 0.119 e. The number of hydrogen-bond donors (Lipinski definition) is 1. The summed E-state index contributed by atoms with van der Waals surface area (Å²) in [4.78, 5) is 2.74. The molecule has 0 aromatic heterocycles.